The fraction of sp³-hybridized carbons (Fsp3) is 0.280. The fourth-order valence-electron chi connectivity index (χ4n) is 4.12. The van der Waals surface area contributed by atoms with E-state index in [1.807, 2.05) is 0 Å². The Morgan fingerprint density at radius 3 is 2.37 bits per heavy atom. The Morgan fingerprint density at radius 1 is 1.09 bits per heavy atom. The van der Waals surface area contributed by atoms with Crippen LogP contribution in [0.3, 0.4) is 0 Å². The molecular formula is C25H26ClN5O4. The molecule has 0 bridgehead atoms. The molecule has 0 radical (unpaired) electrons. The first-order valence-corrected chi connectivity index (χ1v) is 11.8. The number of nitrogens with one attached hydrogen (secondary N) is 1. The number of alkyl halides is 1. The van der Waals surface area contributed by atoms with Crippen LogP contribution in [0.15, 0.2) is 48.5 Å². The third kappa shape index (κ3) is 5.14. The van der Waals surface area contributed by atoms with Gasteiger partial charge in [-0.25, -0.2) is 4.68 Å². The molecule has 182 valence electrons. The van der Waals surface area contributed by atoms with E-state index in [1.165, 1.54) is 4.68 Å². The number of benzene rings is 2. The lowest BCUT2D eigenvalue weighted by Crippen LogP contribution is -2.35. The SMILES string of the molecule is COc1ccc(-n2nc(C(N)=O)c(CCCl)c2C(=O)Nc2ccc(N3CCCCC3=O)cc2)cc1. The van der Waals surface area contributed by atoms with Crippen molar-refractivity contribution in [3.63, 3.8) is 0 Å². The van der Waals surface area contributed by atoms with Crippen molar-refractivity contribution in [1.82, 2.24) is 9.78 Å². The van der Waals surface area contributed by atoms with Gasteiger partial charge in [-0.1, -0.05) is 0 Å². The minimum absolute atomic E-state index is 0.00873. The lowest BCUT2D eigenvalue weighted by molar-refractivity contribution is -0.119. The van der Waals surface area contributed by atoms with Crippen molar-refractivity contribution in [2.45, 2.75) is 25.7 Å². The number of halogens is 1. The number of piperidine rings is 1. The van der Waals surface area contributed by atoms with Crippen molar-refractivity contribution in [1.29, 1.82) is 0 Å². The van der Waals surface area contributed by atoms with Gasteiger partial charge in [0.05, 0.1) is 12.8 Å². The van der Waals surface area contributed by atoms with Crippen molar-refractivity contribution >= 4 is 40.7 Å². The molecule has 1 aliphatic heterocycles. The number of carbonyl (C=O) groups excluding carboxylic acids is 3. The van der Waals surface area contributed by atoms with Gasteiger partial charge in [0.1, 0.15) is 11.4 Å². The number of ether oxygens (including phenoxy) is 1. The Balaban J connectivity index is 1.67. The quantitative estimate of drug-likeness (QED) is 0.463. The van der Waals surface area contributed by atoms with E-state index < -0.39 is 11.8 Å². The highest BCUT2D eigenvalue weighted by Crippen LogP contribution is 2.25. The van der Waals surface area contributed by atoms with Gasteiger partial charge in [-0.15, -0.1) is 11.6 Å². The maximum Gasteiger partial charge on any atom is 0.274 e. The van der Waals surface area contributed by atoms with E-state index in [0.29, 0.717) is 35.7 Å². The predicted octanol–water partition coefficient (Wildman–Crippen LogP) is 3.53. The maximum atomic E-state index is 13.4. The molecule has 4 rings (SSSR count). The monoisotopic (exact) mass is 495 g/mol. The Bertz CT molecular complexity index is 1240. The third-order valence-corrected chi connectivity index (χ3v) is 6.04. The van der Waals surface area contributed by atoms with E-state index in [9.17, 15) is 14.4 Å². The number of anilines is 2. The molecule has 3 amide bonds. The third-order valence-electron chi connectivity index (χ3n) is 5.85. The van der Waals surface area contributed by atoms with Gasteiger partial charge in [0.2, 0.25) is 5.91 Å². The van der Waals surface area contributed by atoms with E-state index in [1.54, 1.807) is 60.5 Å². The number of amides is 3. The molecule has 35 heavy (non-hydrogen) atoms. The Kier molecular flexibility index (Phi) is 7.36. The van der Waals surface area contributed by atoms with Gasteiger partial charge >= 0.3 is 0 Å². The molecule has 0 saturated carbocycles. The number of methoxy groups -OCH3 is 1. The summed E-state index contributed by atoms with van der Waals surface area (Å²) in [5.74, 6) is -0.311. The first-order valence-electron chi connectivity index (χ1n) is 11.3. The van der Waals surface area contributed by atoms with Gasteiger partial charge in [0.25, 0.3) is 11.8 Å². The summed E-state index contributed by atoms with van der Waals surface area (Å²) in [6, 6.07) is 14.0. The number of primary amides is 1. The van der Waals surface area contributed by atoms with Crippen LogP contribution in [-0.4, -0.2) is 47.0 Å². The minimum atomic E-state index is -0.748. The first-order chi connectivity index (χ1) is 16.9. The van der Waals surface area contributed by atoms with E-state index in [0.717, 1.165) is 18.5 Å². The highest BCUT2D eigenvalue weighted by atomic mass is 35.5. The summed E-state index contributed by atoms with van der Waals surface area (Å²) in [7, 11) is 1.55. The van der Waals surface area contributed by atoms with Gasteiger partial charge in [0.15, 0.2) is 5.69 Å². The van der Waals surface area contributed by atoms with Crippen LogP contribution >= 0.6 is 11.6 Å². The normalized spacial score (nSPS) is 13.5. The molecule has 10 heteroatoms. The van der Waals surface area contributed by atoms with E-state index in [-0.39, 0.29) is 29.6 Å². The van der Waals surface area contributed by atoms with Crippen LogP contribution in [-0.2, 0) is 11.2 Å². The molecule has 1 fully saturated rings. The van der Waals surface area contributed by atoms with Gasteiger partial charge in [-0.05, 0) is 67.8 Å². The molecule has 1 saturated heterocycles. The molecule has 9 nitrogen and oxygen atoms in total. The zero-order valence-electron chi connectivity index (χ0n) is 19.3. The van der Waals surface area contributed by atoms with Crippen LogP contribution in [0.4, 0.5) is 11.4 Å². The van der Waals surface area contributed by atoms with Gasteiger partial charge in [-0.2, -0.15) is 5.10 Å². The second-order valence-corrected chi connectivity index (χ2v) is 8.47. The molecule has 0 unspecified atom stereocenters. The number of nitrogens with two attached hydrogens (primary N) is 1. The molecule has 2 heterocycles. The van der Waals surface area contributed by atoms with Crippen molar-refractivity contribution in [3.05, 3.63) is 65.5 Å². The van der Waals surface area contributed by atoms with Crippen LogP contribution in [0.2, 0.25) is 0 Å². The summed E-state index contributed by atoms with van der Waals surface area (Å²) in [6.45, 7) is 0.684. The van der Waals surface area contributed by atoms with Crippen molar-refractivity contribution in [3.8, 4) is 11.4 Å². The van der Waals surface area contributed by atoms with E-state index >= 15 is 0 Å². The van der Waals surface area contributed by atoms with Crippen molar-refractivity contribution < 1.29 is 19.1 Å². The molecule has 1 aliphatic rings. The average Bonchev–Trinajstić information content (AvgIpc) is 3.25. The number of aromatic nitrogens is 2. The standard InChI is InChI=1S/C25H26ClN5O4/c1-35-19-11-9-18(10-12-19)31-23(20(13-14-26)22(29-31)24(27)33)25(34)28-16-5-7-17(8-6-16)30-15-3-2-4-21(30)32/h5-12H,2-4,13-15H2,1H3,(H2,27,33)(H,28,34). The van der Waals surface area contributed by atoms with Gasteiger partial charge < -0.3 is 20.7 Å². The highest BCUT2D eigenvalue weighted by molar-refractivity contribution is 6.18. The summed E-state index contributed by atoms with van der Waals surface area (Å²) < 4.78 is 6.59. The minimum Gasteiger partial charge on any atom is -0.497 e. The van der Waals surface area contributed by atoms with Crippen LogP contribution < -0.4 is 20.7 Å². The summed E-state index contributed by atoms with van der Waals surface area (Å²) in [4.78, 5) is 39.5. The number of carbonyl (C=O) groups is 3. The number of hydrogen-bond acceptors (Lipinski definition) is 5. The molecule has 0 atom stereocenters. The fourth-order valence-corrected chi connectivity index (χ4v) is 4.31. The predicted molar refractivity (Wildman–Crippen MR) is 134 cm³/mol. The van der Waals surface area contributed by atoms with E-state index in [2.05, 4.69) is 10.4 Å². The zero-order chi connectivity index (χ0) is 24.9. The van der Waals surface area contributed by atoms with Crippen molar-refractivity contribution in [2.75, 3.05) is 29.8 Å². The highest BCUT2D eigenvalue weighted by Gasteiger charge is 2.27. The second kappa shape index (κ2) is 10.6. The first kappa shape index (κ1) is 24.3. The summed E-state index contributed by atoms with van der Waals surface area (Å²) >= 11 is 5.98. The molecule has 0 aliphatic carbocycles. The Hall–Kier alpha value is -3.85. The average molecular weight is 496 g/mol. The van der Waals surface area contributed by atoms with Gasteiger partial charge in [-0.3, -0.25) is 14.4 Å². The number of rotatable bonds is 8. The van der Waals surface area contributed by atoms with Crippen molar-refractivity contribution in [2.24, 2.45) is 5.73 Å². The second-order valence-electron chi connectivity index (χ2n) is 8.09. The summed E-state index contributed by atoms with van der Waals surface area (Å²) in [6.07, 6.45) is 2.64. The lowest BCUT2D eigenvalue weighted by atomic mass is 10.1. The molecule has 3 aromatic rings. The molecule has 1 aromatic heterocycles. The smallest absolute Gasteiger partial charge is 0.274 e. The summed E-state index contributed by atoms with van der Waals surface area (Å²) in [5.41, 5.74) is 7.96. The molecule has 2 aromatic carbocycles. The van der Waals surface area contributed by atoms with Gasteiger partial charge in [0, 0.05) is 35.8 Å². The van der Waals surface area contributed by atoms with Crippen LogP contribution in [0, 0.1) is 0 Å². The lowest BCUT2D eigenvalue weighted by Gasteiger charge is -2.26. The molecular weight excluding hydrogens is 470 g/mol. The van der Waals surface area contributed by atoms with E-state index in [4.69, 9.17) is 22.1 Å². The van der Waals surface area contributed by atoms with Crippen LogP contribution in [0.1, 0.15) is 45.8 Å². The molecule has 0 spiro atoms. The number of nitrogens with zero attached hydrogens (tertiary/aromatic N) is 3. The largest absolute Gasteiger partial charge is 0.497 e. The Morgan fingerprint density at radius 2 is 1.77 bits per heavy atom. The van der Waals surface area contributed by atoms with Crippen LogP contribution in [0.25, 0.3) is 5.69 Å². The maximum absolute atomic E-state index is 13.4. The number of hydrogen-bond donors (Lipinski definition) is 2. The Labute approximate surface area is 207 Å². The molecule has 3 N–H and O–H groups in total. The zero-order valence-corrected chi connectivity index (χ0v) is 20.0. The van der Waals surface area contributed by atoms with Crippen LogP contribution in [0.5, 0.6) is 5.75 Å². The summed E-state index contributed by atoms with van der Waals surface area (Å²) in [5, 5.41) is 7.20. The topological polar surface area (TPSA) is 120 Å².